The lowest BCUT2D eigenvalue weighted by Gasteiger charge is -2.06. The van der Waals surface area contributed by atoms with Crippen LogP contribution in [0.25, 0.3) is 0 Å². The molecule has 0 aliphatic carbocycles. The Bertz CT molecular complexity index is 581. The van der Waals surface area contributed by atoms with Crippen LogP contribution in [-0.2, 0) is 6.54 Å². The molecule has 0 saturated carbocycles. The van der Waals surface area contributed by atoms with Gasteiger partial charge in [0.1, 0.15) is 5.82 Å². The van der Waals surface area contributed by atoms with Crippen molar-refractivity contribution in [3.63, 3.8) is 0 Å². The number of hydrogen-bond acceptors (Lipinski definition) is 1. The summed E-state index contributed by atoms with van der Waals surface area (Å²) in [4.78, 5) is 11.9. The van der Waals surface area contributed by atoms with Crippen LogP contribution in [0.2, 0.25) is 5.02 Å². The van der Waals surface area contributed by atoms with Gasteiger partial charge in [-0.3, -0.25) is 4.79 Å². The maximum atomic E-state index is 12.7. The molecule has 1 amide bonds. The summed E-state index contributed by atoms with van der Waals surface area (Å²) in [6.07, 6.45) is 0. The summed E-state index contributed by atoms with van der Waals surface area (Å²) in [5.74, 6) is -0.527. The van der Waals surface area contributed by atoms with Crippen LogP contribution in [0.1, 0.15) is 15.9 Å². The zero-order valence-corrected chi connectivity index (χ0v) is 12.1. The summed E-state index contributed by atoms with van der Waals surface area (Å²) in [7, 11) is 0. The van der Waals surface area contributed by atoms with Gasteiger partial charge in [-0.15, -0.1) is 0 Å². The van der Waals surface area contributed by atoms with E-state index in [9.17, 15) is 9.18 Å². The molecule has 19 heavy (non-hydrogen) atoms. The van der Waals surface area contributed by atoms with Gasteiger partial charge in [-0.05, 0) is 35.9 Å². The summed E-state index contributed by atoms with van der Waals surface area (Å²) >= 11 is 9.16. The highest BCUT2D eigenvalue weighted by atomic mass is 79.9. The fourth-order valence-electron chi connectivity index (χ4n) is 1.57. The SMILES string of the molecule is O=C(NCc1ccc(F)cc1)c1cc(Cl)cc(Br)c1. The number of carbonyl (C=O) groups is 1. The highest BCUT2D eigenvalue weighted by Gasteiger charge is 2.07. The van der Waals surface area contributed by atoms with Crippen LogP contribution in [0, 0.1) is 5.82 Å². The topological polar surface area (TPSA) is 29.1 Å². The van der Waals surface area contributed by atoms with E-state index < -0.39 is 0 Å². The van der Waals surface area contributed by atoms with Crippen LogP contribution in [0.4, 0.5) is 4.39 Å². The molecule has 0 radical (unpaired) electrons. The smallest absolute Gasteiger partial charge is 0.251 e. The molecule has 0 aliphatic rings. The first-order valence-electron chi connectivity index (χ1n) is 5.53. The number of rotatable bonds is 3. The average molecular weight is 343 g/mol. The van der Waals surface area contributed by atoms with Crippen LogP contribution in [0.3, 0.4) is 0 Å². The van der Waals surface area contributed by atoms with E-state index in [-0.39, 0.29) is 11.7 Å². The molecular weight excluding hydrogens is 333 g/mol. The van der Waals surface area contributed by atoms with Crippen molar-refractivity contribution in [1.29, 1.82) is 0 Å². The Balaban J connectivity index is 2.03. The Morgan fingerprint density at radius 2 is 1.89 bits per heavy atom. The predicted octanol–water partition coefficient (Wildman–Crippen LogP) is 4.17. The zero-order chi connectivity index (χ0) is 13.8. The average Bonchev–Trinajstić information content (AvgIpc) is 2.36. The number of halogens is 3. The van der Waals surface area contributed by atoms with E-state index in [1.165, 1.54) is 12.1 Å². The lowest BCUT2D eigenvalue weighted by Crippen LogP contribution is -2.22. The number of nitrogens with one attached hydrogen (secondary N) is 1. The first-order valence-corrected chi connectivity index (χ1v) is 6.70. The van der Waals surface area contributed by atoms with Gasteiger partial charge in [-0.1, -0.05) is 39.7 Å². The molecule has 0 bridgehead atoms. The lowest BCUT2D eigenvalue weighted by molar-refractivity contribution is 0.0951. The fourth-order valence-corrected chi connectivity index (χ4v) is 2.43. The second-order valence-corrected chi connectivity index (χ2v) is 5.32. The van der Waals surface area contributed by atoms with Crippen molar-refractivity contribution >= 4 is 33.4 Å². The first kappa shape index (κ1) is 14.0. The van der Waals surface area contributed by atoms with Gasteiger partial charge < -0.3 is 5.32 Å². The molecule has 1 N–H and O–H groups in total. The van der Waals surface area contributed by atoms with E-state index >= 15 is 0 Å². The Kier molecular flexibility index (Phi) is 4.56. The minimum atomic E-state index is -0.297. The van der Waals surface area contributed by atoms with Crippen molar-refractivity contribution in [2.24, 2.45) is 0 Å². The molecule has 0 unspecified atom stereocenters. The van der Waals surface area contributed by atoms with Crippen molar-refractivity contribution in [3.05, 3.63) is 68.9 Å². The highest BCUT2D eigenvalue weighted by Crippen LogP contribution is 2.19. The maximum Gasteiger partial charge on any atom is 0.251 e. The van der Waals surface area contributed by atoms with E-state index in [1.54, 1.807) is 30.3 Å². The zero-order valence-electron chi connectivity index (χ0n) is 9.79. The van der Waals surface area contributed by atoms with Gasteiger partial charge in [0.2, 0.25) is 0 Å². The maximum absolute atomic E-state index is 12.7. The summed E-state index contributed by atoms with van der Waals surface area (Å²) in [6, 6.07) is 11.0. The van der Waals surface area contributed by atoms with Gasteiger partial charge in [0.05, 0.1) is 0 Å². The molecule has 0 fully saturated rings. The van der Waals surface area contributed by atoms with Crippen LogP contribution >= 0.6 is 27.5 Å². The van der Waals surface area contributed by atoms with Crippen molar-refractivity contribution in [2.45, 2.75) is 6.54 Å². The Morgan fingerprint density at radius 1 is 1.21 bits per heavy atom. The Morgan fingerprint density at radius 3 is 2.53 bits per heavy atom. The molecule has 0 aromatic heterocycles. The van der Waals surface area contributed by atoms with Gasteiger partial charge >= 0.3 is 0 Å². The minimum absolute atomic E-state index is 0.229. The van der Waals surface area contributed by atoms with E-state index in [0.29, 0.717) is 17.1 Å². The molecule has 2 aromatic carbocycles. The van der Waals surface area contributed by atoms with E-state index in [0.717, 1.165) is 10.0 Å². The second kappa shape index (κ2) is 6.17. The standard InChI is InChI=1S/C14H10BrClFNO/c15-11-5-10(6-12(16)7-11)14(19)18-8-9-1-3-13(17)4-2-9/h1-7H,8H2,(H,18,19). The van der Waals surface area contributed by atoms with Gasteiger partial charge in [0.15, 0.2) is 0 Å². The molecule has 0 spiro atoms. The summed E-state index contributed by atoms with van der Waals surface area (Å²) in [6.45, 7) is 0.337. The van der Waals surface area contributed by atoms with Crippen LogP contribution in [-0.4, -0.2) is 5.91 Å². The second-order valence-electron chi connectivity index (χ2n) is 3.97. The monoisotopic (exact) mass is 341 g/mol. The molecular formula is C14H10BrClFNO. The normalized spacial score (nSPS) is 10.3. The van der Waals surface area contributed by atoms with E-state index in [4.69, 9.17) is 11.6 Å². The molecule has 5 heteroatoms. The number of benzene rings is 2. The van der Waals surface area contributed by atoms with Gasteiger partial charge in [0, 0.05) is 21.6 Å². The lowest BCUT2D eigenvalue weighted by atomic mass is 10.2. The number of carbonyl (C=O) groups excluding carboxylic acids is 1. The third-order valence-corrected chi connectivity index (χ3v) is 3.17. The van der Waals surface area contributed by atoms with Crippen molar-refractivity contribution in [3.8, 4) is 0 Å². The van der Waals surface area contributed by atoms with Crippen molar-refractivity contribution < 1.29 is 9.18 Å². The third-order valence-electron chi connectivity index (χ3n) is 2.49. The molecule has 2 nitrogen and oxygen atoms in total. The van der Waals surface area contributed by atoms with Gasteiger partial charge in [0.25, 0.3) is 5.91 Å². The van der Waals surface area contributed by atoms with Crippen molar-refractivity contribution in [2.75, 3.05) is 0 Å². The van der Waals surface area contributed by atoms with Gasteiger partial charge in [-0.25, -0.2) is 4.39 Å². The largest absolute Gasteiger partial charge is 0.348 e. The molecule has 2 rings (SSSR count). The minimum Gasteiger partial charge on any atom is -0.348 e. The van der Waals surface area contributed by atoms with E-state index in [2.05, 4.69) is 21.2 Å². The fraction of sp³-hybridized carbons (Fsp3) is 0.0714. The summed E-state index contributed by atoms with van der Waals surface area (Å²) in [5, 5.41) is 3.24. The Hall–Kier alpha value is -1.39. The third kappa shape index (κ3) is 4.04. The van der Waals surface area contributed by atoms with Gasteiger partial charge in [-0.2, -0.15) is 0 Å². The van der Waals surface area contributed by atoms with Crippen LogP contribution in [0.15, 0.2) is 46.9 Å². The van der Waals surface area contributed by atoms with E-state index in [1.807, 2.05) is 0 Å². The quantitative estimate of drug-likeness (QED) is 0.891. The van der Waals surface area contributed by atoms with Crippen LogP contribution < -0.4 is 5.32 Å². The van der Waals surface area contributed by atoms with Crippen molar-refractivity contribution in [1.82, 2.24) is 5.32 Å². The molecule has 0 aliphatic heterocycles. The molecule has 0 atom stereocenters. The first-order chi connectivity index (χ1) is 9.04. The molecule has 2 aromatic rings. The number of hydrogen-bond donors (Lipinski definition) is 1. The molecule has 0 saturated heterocycles. The molecule has 98 valence electrons. The summed E-state index contributed by atoms with van der Waals surface area (Å²) in [5.41, 5.74) is 1.30. The highest BCUT2D eigenvalue weighted by molar-refractivity contribution is 9.10. The number of amides is 1. The predicted molar refractivity (Wildman–Crippen MR) is 76.7 cm³/mol. The van der Waals surface area contributed by atoms with Crippen LogP contribution in [0.5, 0.6) is 0 Å². The molecule has 0 heterocycles. The summed E-state index contributed by atoms with van der Waals surface area (Å²) < 4.78 is 13.5. The Labute approximate surface area is 123 Å².